The predicted octanol–water partition coefficient (Wildman–Crippen LogP) is 3.24. The van der Waals surface area contributed by atoms with E-state index in [9.17, 15) is 0 Å². The van der Waals surface area contributed by atoms with Gasteiger partial charge in [0.1, 0.15) is 0 Å². The summed E-state index contributed by atoms with van der Waals surface area (Å²) in [6, 6.07) is 6.98. The Morgan fingerprint density at radius 3 is 2.81 bits per heavy atom. The van der Waals surface area contributed by atoms with Crippen LogP contribution in [0.1, 0.15) is 30.0 Å². The molecule has 1 aliphatic carbocycles. The highest BCUT2D eigenvalue weighted by molar-refractivity contribution is 6.18. The van der Waals surface area contributed by atoms with Gasteiger partial charge in [-0.1, -0.05) is 25.1 Å². The fraction of sp³-hybridized carbons (Fsp3) is 0.571. The van der Waals surface area contributed by atoms with Gasteiger partial charge < -0.3 is 0 Å². The minimum atomic E-state index is 0.721. The van der Waals surface area contributed by atoms with Crippen LogP contribution >= 0.6 is 11.6 Å². The Kier molecular flexibility index (Phi) is 4.25. The van der Waals surface area contributed by atoms with Crippen molar-refractivity contribution in [3.63, 3.8) is 0 Å². The summed E-state index contributed by atoms with van der Waals surface area (Å²) in [5.74, 6) is 0.721. The summed E-state index contributed by atoms with van der Waals surface area (Å²) in [7, 11) is 0. The van der Waals surface area contributed by atoms with Gasteiger partial charge in [0.05, 0.1) is 0 Å². The maximum atomic E-state index is 5.79. The summed E-state index contributed by atoms with van der Waals surface area (Å²) in [5, 5.41) is 0. The Balaban J connectivity index is 2.04. The number of fused-ring (bicyclic) bond motifs is 1. The van der Waals surface area contributed by atoms with Crippen LogP contribution in [0.3, 0.4) is 0 Å². The van der Waals surface area contributed by atoms with Gasteiger partial charge in [0, 0.05) is 19.0 Å². The first kappa shape index (κ1) is 11.9. The molecule has 0 radical (unpaired) electrons. The Morgan fingerprint density at radius 1 is 1.25 bits per heavy atom. The lowest BCUT2D eigenvalue weighted by Crippen LogP contribution is -2.24. The molecule has 0 N–H and O–H groups in total. The van der Waals surface area contributed by atoms with Crippen molar-refractivity contribution in [2.24, 2.45) is 0 Å². The lowest BCUT2D eigenvalue weighted by Gasteiger charge is -2.19. The molecule has 0 heterocycles. The van der Waals surface area contributed by atoms with Crippen molar-refractivity contribution in [1.82, 2.24) is 4.90 Å². The number of rotatable bonds is 5. The third-order valence-electron chi connectivity index (χ3n) is 3.42. The molecule has 1 aromatic rings. The average Bonchev–Trinajstić information content (AvgIpc) is 2.75. The zero-order chi connectivity index (χ0) is 11.4. The monoisotopic (exact) mass is 237 g/mol. The first-order valence-corrected chi connectivity index (χ1v) is 6.76. The molecule has 1 aromatic carbocycles. The van der Waals surface area contributed by atoms with Crippen LogP contribution in [0, 0.1) is 0 Å². The lowest BCUT2D eigenvalue weighted by molar-refractivity contribution is 0.297. The van der Waals surface area contributed by atoms with Crippen LogP contribution in [0.5, 0.6) is 0 Å². The molecule has 0 bridgehead atoms. The molecule has 0 spiro atoms. The molecular formula is C14H20ClN. The molecule has 0 aromatic heterocycles. The third kappa shape index (κ3) is 2.78. The number of benzene rings is 1. The molecule has 2 rings (SSSR count). The van der Waals surface area contributed by atoms with Crippen molar-refractivity contribution in [2.45, 2.75) is 32.7 Å². The van der Waals surface area contributed by atoms with Gasteiger partial charge in [-0.05, 0) is 42.5 Å². The molecule has 0 saturated carbocycles. The summed E-state index contributed by atoms with van der Waals surface area (Å²) in [4.78, 5) is 2.39. The van der Waals surface area contributed by atoms with Crippen molar-refractivity contribution in [1.29, 1.82) is 0 Å². The zero-order valence-electron chi connectivity index (χ0n) is 10.0. The van der Waals surface area contributed by atoms with E-state index in [0.29, 0.717) is 0 Å². The van der Waals surface area contributed by atoms with E-state index in [-0.39, 0.29) is 0 Å². The molecule has 2 heteroatoms. The number of alkyl halides is 1. The normalized spacial score (nSPS) is 14.4. The van der Waals surface area contributed by atoms with Crippen LogP contribution < -0.4 is 0 Å². The summed E-state index contributed by atoms with van der Waals surface area (Å²) in [6.45, 7) is 5.29. The summed E-state index contributed by atoms with van der Waals surface area (Å²) < 4.78 is 0. The van der Waals surface area contributed by atoms with E-state index in [1.165, 1.54) is 24.8 Å². The van der Waals surface area contributed by atoms with E-state index in [4.69, 9.17) is 11.6 Å². The quantitative estimate of drug-likeness (QED) is 0.711. The van der Waals surface area contributed by atoms with Crippen molar-refractivity contribution in [2.75, 3.05) is 19.0 Å². The number of aryl methyl sites for hydroxylation is 2. The molecular weight excluding hydrogens is 218 g/mol. The van der Waals surface area contributed by atoms with Gasteiger partial charge in [-0.2, -0.15) is 0 Å². The third-order valence-corrected chi connectivity index (χ3v) is 3.59. The molecule has 0 unspecified atom stereocenters. The summed E-state index contributed by atoms with van der Waals surface area (Å²) >= 11 is 5.79. The van der Waals surface area contributed by atoms with Crippen LogP contribution in [0.4, 0.5) is 0 Å². The zero-order valence-corrected chi connectivity index (χ0v) is 10.8. The molecule has 16 heavy (non-hydrogen) atoms. The van der Waals surface area contributed by atoms with Crippen molar-refractivity contribution in [3.05, 3.63) is 34.9 Å². The van der Waals surface area contributed by atoms with Crippen LogP contribution in [-0.2, 0) is 19.4 Å². The highest BCUT2D eigenvalue weighted by Crippen LogP contribution is 2.23. The highest BCUT2D eigenvalue weighted by Gasteiger charge is 2.11. The molecule has 0 saturated heterocycles. The smallest absolute Gasteiger partial charge is 0.0351 e. The van der Waals surface area contributed by atoms with E-state index in [1.807, 2.05) is 0 Å². The topological polar surface area (TPSA) is 3.24 Å². The van der Waals surface area contributed by atoms with Gasteiger partial charge >= 0.3 is 0 Å². The lowest BCUT2D eigenvalue weighted by atomic mass is 10.1. The van der Waals surface area contributed by atoms with Gasteiger partial charge in [-0.25, -0.2) is 0 Å². The first-order chi connectivity index (χ1) is 7.83. The largest absolute Gasteiger partial charge is 0.298 e. The SMILES string of the molecule is CCN(CCCl)Cc1ccc2c(c1)CCC2. The summed E-state index contributed by atoms with van der Waals surface area (Å²) in [5.41, 5.74) is 4.57. The number of halogens is 1. The van der Waals surface area contributed by atoms with Crippen LogP contribution in [0.25, 0.3) is 0 Å². The number of hydrogen-bond acceptors (Lipinski definition) is 1. The maximum Gasteiger partial charge on any atom is 0.0351 e. The second kappa shape index (κ2) is 5.70. The van der Waals surface area contributed by atoms with Gasteiger partial charge in [0.2, 0.25) is 0 Å². The molecule has 0 fully saturated rings. The Morgan fingerprint density at radius 2 is 2.06 bits per heavy atom. The average molecular weight is 238 g/mol. The Bertz CT molecular complexity index is 349. The van der Waals surface area contributed by atoms with E-state index >= 15 is 0 Å². The standard InChI is InChI=1S/C14H20ClN/c1-2-16(9-8-15)11-12-6-7-13-4-3-5-14(13)10-12/h6-7,10H,2-5,8-9,11H2,1H3. The Hall–Kier alpha value is -0.530. The van der Waals surface area contributed by atoms with Gasteiger partial charge in [0.25, 0.3) is 0 Å². The van der Waals surface area contributed by atoms with E-state index in [2.05, 4.69) is 30.0 Å². The second-order valence-electron chi connectivity index (χ2n) is 4.51. The molecule has 0 aliphatic heterocycles. The number of hydrogen-bond donors (Lipinski definition) is 0. The molecule has 1 nitrogen and oxygen atoms in total. The highest BCUT2D eigenvalue weighted by atomic mass is 35.5. The minimum absolute atomic E-state index is 0.721. The van der Waals surface area contributed by atoms with E-state index < -0.39 is 0 Å². The second-order valence-corrected chi connectivity index (χ2v) is 4.89. The Labute approximate surface area is 103 Å². The van der Waals surface area contributed by atoms with Crippen LogP contribution in [0.15, 0.2) is 18.2 Å². The number of nitrogens with zero attached hydrogens (tertiary/aromatic N) is 1. The first-order valence-electron chi connectivity index (χ1n) is 6.22. The minimum Gasteiger partial charge on any atom is -0.298 e. The van der Waals surface area contributed by atoms with Crippen molar-refractivity contribution in [3.8, 4) is 0 Å². The van der Waals surface area contributed by atoms with Crippen molar-refractivity contribution >= 4 is 11.6 Å². The summed E-state index contributed by atoms with van der Waals surface area (Å²) in [6.07, 6.45) is 3.87. The van der Waals surface area contributed by atoms with Crippen molar-refractivity contribution < 1.29 is 0 Å². The van der Waals surface area contributed by atoms with Crippen LogP contribution in [0.2, 0.25) is 0 Å². The van der Waals surface area contributed by atoms with E-state index in [1.54, 1.807) is 11.1 Å². The molecule has 0 atom stereocenters. The molecule has 88 valence electrons. The maximum absolute atomic E-state index is 5.79. The fourth-order valence-electron chi connectivity index (χ4n) is 2.45. The van der Waals surface area contributed by atoms with E-state index in [0.717, 1.165) is 25.5 Å². The van der Waals surface area contributed by atoms with Gasteiger partial charge in [0.15, 0.2) is 0 Å². The van der Waals surface area contributed by atoms with Crippen LogP contribution in [-0.4, -0.2) is 23.9 Å². The molecule has 1 aliphatic rings. The fourth-order valence-corrected chi connectivity index (χ4v) is 2.69. The van der Waals surface area contributed by atoms with Gasteiger partial charge in [-0.3, -0.25) is 4.90 Å². The molecule has 0 amide bonds. The predicted molar refractivity (Wildman–Crippen MR) is 70.1 cm³/mol. The van der Waals surface area contributed by atoms with Gasteiger partial charge in [-0.15, -0.1) is 11.6 Å².